The molecule has 112 heavy (non-hydrogen) atoms. The molecule has 5 aliphatic heterocycles. The molecule has 1 aliphatic carbocycles. The topological polar surface area (TPSA) is 429 Å². The van der Waals surface area contributed by atoms with Crippen LogP contribution in [0.1, 0.15) is 149 Å². The van der Waals surface area contributed by atoms with E-state index in [0.717, 1.165) is 114 Å². The van der Waals surface area contributed by atoms with Crippen LogP contribution in [0.3, 0.4) is 0 Å². The fourth-order valence-electron chi connectivity index (χ4n) is 14.8. The average molecular weight is 1570 g/mol. The number of ether oxygens (including phenoxy) is 5. The molecule has 14 atom stereocenters. The number of fused-ring (bicyclic) bond motifs is 1. The third-order valence-corrected chi connectivity index (χ3v) is 22.7. The van der Waals surface area contributed by atoms with Crippen LogP contribution in [-0.2, 0) is 47.2 Å². The number of nitrogens with zero attached hydrogens (tertiary/aromatic N) is 9. The van der Waals surface area contributed by atoms with Crippen molar-refractivity contribution < 1.29 is 81.0 Å². The van der Waals surface area contributed by atoms with E-state index in [-0.39, 0.29) is 59.8 Å². The number of H-pyrrole nitrogens is 1. The predicted molar refractivity (Wildman–Crippen MR) is 413 cm³/mol. The minimum atomic E-state index is -4.16. The van der Waals surface area contributed by atoms with E-state index in [0.29, 0.717) is 36.4 Å². The first-order chi connectivity index (χ1) is 53.6. The summed E-state index contributed by atoms with van der Waals surface area (Å²) in [6.45, 7) is 12.6. The highest BCUT2D eigenvalue weighted by atomic mass is 31.2. The number of imidazole rings is 2. The number of likely N-dealkylation sites (tertiary alicyclic amines) is 2. The Bertz CT molecular complexity index is 4590. The molecule has 0 spiro atoms. The number of aliphatic hydroxyl groups is 3. The van der Waals surface area contributed by atoms with E-state index in [4.69, 9.17) is 54.3 Å². The zero-order valence-corrected chi connectivity index (χ0v) is 65.1. The number of aliphatic imine (C=N–C) groups is 1. The number of rotatable bonds is 23. The van der Waals surface area contributed by atoms with Gasteiger partial charge in [0, 0.05) is 50.2 Å². The molecule has 0 radical (unpaired) electrons. The van der Waals surface area contributed by atoms with Gasteiger partial charge in [-0.15, -0.1) is 0 Å². The monoisotopic (exact) mass is 1570 g/mol. The van der Waals surface area contributed by atoms with Crippen LogP contribution in [0.4, 0.5) is 25.5 Å². The third kappa shape index (κ3) is 19.4. The molecule has 13 rings (SSSR count). The number of aliphatic hydroxyl groups excluding tert-OH is 3. The maximum Gasteiger partial charge on any atom is 0.459 e. The lowest BCUT2D eigenvalue weighted by Gasteiger charge is -2.31. The van der Waals surface area contributed by atoms with Crippen LogP contribution in [0.2, 0.25) is 0 Å². The molecule has 0 bridgehead atoms. The van der Waals surface area contributed by atoms with Crippen LogP contribution < -0.4 is 37.4 Å². The fraction of sp³-hybridized carbons (Fsp3) is 0.500. The number of carbonyl (C=O) groups excluding carboxylic acids is 5. The van der Waals surface area contributed by atoms with Crippen molar-refractivity contribution in [2.75, 3.05) is 45.4 Å². The number of pyridine rings is 1. The van der Waals surface area contributed by atoms with Gasteiger partial charge in [-0.05, 0) is 136 Å². The molecule has 5 fully saturated rings. The van der Waals surface area contributed by atoms with Crippen LogP contribution in [0.15, 0.2) is 132 Å². The minimum absolute atomic E-state index is 0.00839. The Balaban J connectivity index is 0.000000186. The summed E-state index contributed by atoms with van der Waals surface area (Å²) in [5.74, 6) is 0.0724. The molecule has 1 saturated carbocycles. The van der Waals surface area contributed by atoms with Crippen molar-refractivity contribution in [1.82, 2.24) is 59.6 Å². The minimum Gasteiger partial charge on any atom is -0.461 e. The van der Waals surface area contributed by atoms with E-state index in [2.05, 4.69) is 89.2 Å². The summed E-state index contributed by atoms with van der Waals surface area (Å²) in [5.41, 5.74) is 17.1. The van der Waals surface area contributed by atoms with E-state index in [1.54, 1.807) is 73.5 Å². The van der Waals surface area contributed by atoms with Gasteiger partial charge in [-0.1, -0.05) is 101 Å². The number of hydrogen-bond acceptors (Lipinski definition) is 24. The number of hydrogen-bond donors (Lipinski definition) is 9. The van der Waals surface area contributed by atoms with Gasteiger partial charge in [0.25, 0.3) is 0 Å². The van der Waals surface area contributed by atoms with Gasteiger partial charge in [0.1, 0.15) is 71.7 Å². The van der Waals surface area contributed by atoms with Gasteiger partial charge in [0.2, 0.25) is 11.8 Å². The number of methoxy groups -OCH3 is 2. The molecule has 4 amide bonds. The second-order valence-electron chi connectivity index (χ2n) is 29.6. The first-order valence-electron chi connectivity index (χ1n) is 37.8. The number of alkyl carbamates (subject to hydrolysis) is 2. The highest BCUT2D eigenvalue weighted by Gasteiger charge is 2.55. The molecule has 11 N–H and O–H groups in total. The third-order valence-electron chi connectivity index (χ3n) is 20.9. The SMILES string of the molecule is CC(NP(=O)(Oc1ccccc1)OC(C)[C@H]1O[C@@H](n2cnc3c(N)ccnc32)CC1O)C(=O)OC1CCCCC1.COC(=O)N[C@H](C(=O)N1CCC[C@H]1C1=NC=C(c2ccc(-c3ccc(-c4cnc([C@@H]5CCCN5C(=O)[C@@H](NC(=O)OC)C(C)C)[nH]4)cc3)cc2)C1)C(C)C.C[C@@]1(F)[C@H](O)[C@@H](CO)O[C@H]1n1ccc(N)nc1=O. The number of alkyl halides is 1. The second-order valence-corrected chi connectivity index (χ2v) is 31.2. The number of nitrogen functional groups attached to an aromatic ring is 2. The quantitative estimate of drug-likeness (QED) is 0.0163. The number of aromatic nitrogens is 7. The highest BCUT2D eigenvalue weighted by Crippen LogP contribution is 2.49. The van der Waals surface area contributed by atoms with Gasteiger partial charge in [0.05, 0.1) is 69.0 Å². The summed E-state index contributed by atoms with van der Waals surface area (Å²) in [5, 5.41) is 37.7. The molecule has 7 aromatic rings. The maximum atomic E-state index is 14.4. The number of halogens is 1. The smallest absolute Gasteiger partial charge is 0.459 e. The van der Waals surface area contributed by atoms with Crippen molar-refractivity contribution >= 4 is 71.7 Å². The fourth-order valence-corrected chi connectivity index (χ4v) is 16.5. The summed E-state index contributed by atoms with van der Waals surface area (Å²) in [7, 11) is -1.57. The van der Waals surface area contributed by atoms with Crippen molar-refractivity contribution in [3.63, 3.8) is 0 Å². The van der Waals surface area contributed by atoms with Gasteiger partial charge in [-0.25, -0.2) is 38.3 Å². The summed E-state index contributed by atoms with van der Waals surface area (Å²) >= 11 is 0. The zero-order chi connectivity index (χ0) is 80.3. The lowest BCUT2D eigenvalue weighted by molar-refractivity contribution is -0.152. The number of nitrogens with one attached hydrogen (secondary N) is 4. The molecule has 32 nitrogen and oxygen atoms in total. The molecular formula is C78H101FN15O17P. The van der Waals surface area contributed by atoms with Crippen LogP contribution in [0.5, 0.6) is 5.75 Å². The number of carbonyl (C=O) groups is 5. The molecule has 4 unspecified atom stereocenters. The number of esters is 1. The van der Waals surface area contributed by atoms with E-state index < -0.39 is 105 Å². The van der Waals surface area contributed by atoms with Crippen LogP contribution in [0.25, 0.3) is 39.1 Å². The molecule has 3 aromatic carbocycles. The maximum absolute atomic E-state index is 14.4. The van der Waals surface area contributed by atoms with Crippen molar-refractivity contribution in [3.8, 4) is 28.1 Å². The number of allylic oxidation sites excluding steroid dienone is 1. The Labute approximate surface area is 647 Å². The van der Waals surface area contributed by atoms with Crippen LogP contribution in [0, 0.1) is 11.8 Å². The van der Waals surface area contributed by atoms with Crippen molar-refractivity contribution in [1.29, 1.82) is 0 Å². The van der Waals surface area contributed by atoms with E-state index in [1.807, 2.05) is 43.7 Å². The Morgan fingerprint density at radius 3 is 1.96 bits per heavy atom. The predicted octanol–water partition coefficient (Wildman–Crippen LogP) is 9.26. The largest absolute Gasteiger partial charge is 0.461 e. The van der Waals surface area contributed by atoms with Crippen LogP contribution >= 0.6 is 7.75 Å². The second kappa shape index (κ2) is 36.7. The van der Waals surface area contributed by atoms with Crippen LogP contribution in [-0.4, -0.2) is 195 Å². The van der Waals surface area contributed by atoms with Crippen molar-refractivity contribution in [2.45, 2.75) is 204 Å². The Kier molecular flexibility index (Phi) is 27.2. The van der Waals surface area contributed by atoms with E-state index >= 15 is 0 Å². The Morgan fingerprint density at radius 2 is 1.36 bits per heavy atom. The van der Waals surface area contributed by atoms with Gasteiger partial charge in [-0.2, -0.15) is 10.1 Å². The van der Waals surface area contributed by atoms with Gasteiger partial charge >= 0.3 is 31.6 Å². The average Bonchev–Trinajstić information content (AvgIpc) is 1.60. The summed E-state index contributed by atoms with van der Waals surface area (Å²) in [4.78, 5) is 104. The van der Waals surface area contributed by atoms with E-state index in [9.17, 15) is 47.9 Å². The summed E-state index contributed by atoms with van der Waals surface area (Å²) < 4.78 is 69.2. The molecule has 602 valence electrons. The Morgan fingerprint density at radius 1 is 0.750 bits per heavy atom. The van der Waals surface area contributed by atoms with Crippen molar-refractivity contribution in [3.05, 3.63) is 144 Å². The van der Waals surface area contributed by atoms with Gasteiger partial charge in [0.15, 0.2) is 17.5 Å². The molecule has 4 saturated heterocycles. The molecule has 9 heterocycles. The number of aromatic amines is 1. The molecule has 4 aromatic heterocycles. The standard InChI is InChI=1S/C41H51N7O6.C27H36N5O7P.C10H14FN3O4/c1-24(2)35(45-40(51)53-5)38(49)47-19-7-9-33(47)31-21-30(22-42-31)28-13-11-26(12-14-28)27-15-17-29(18-16-27)32-23-43-37(44-32)34-10-8-20-48(34)39(50)36(25(3)4)46-41(52)54-6;1-17(27(34)36-19-9-5-3-6-10-19)31-40(35,39-20-11-7-4-8-12-20)38-18(2)25-22(33)15-23(37-25)32-16-30-24-21(28)13-14-29-26(24)32;1-10(11)7(16)5(4-15)18-8(10)14-3-2-6(12)13-9(14)17/h11-18,22-25,33-36H,7-10,19-21H2,1-6H3,(H,43,44)(H,45,51)(H,46,52);4,7-8,11-14,16-19,22-23,25,33H,3,5-6,9-10,15H2,1-2H3,(H2,28,29)(H,31,35);2-3,5,7-8,15-16H,4H2,1H3,(H2,12,13,17)/t33-,34-,35-,36-;17?,18?,22?,23-,25-,40?;5-,7-,8-,10-/m011/s1. The van der Waals surface area contributed by atoms with Gasteiger partial charge in [-0.3, -0.25) is 33.0 Å². The molecular weight excluding hydrogens is 1470 g/mol. The Hall–Kier alpha value is -9.99. The zero-order valence-electron chi connectivity index (χ0n) is 64.2. The number of nitrogens with two attached hydrogens (primary N) is 2. The number of para-hydroxylation sites is 1. The first-order valence-corrected chi connectivity index (χ1v) is 39.3. The first kappa shape index (κ1) is 83.0. The van der Waals surface area contributed by atoms with Gasteiger partial charge < -0.3 is 80.4 Å². The number of benzene rings is 3. The van der Waals surface area contributed by atoms with E-state index in [1.165, 1.54) is 26.5 Å². The molecule has 6 aliphatic rings. The number of anilines is 2. The highest BCUT2D eigenvalue weighted by molar-refractivity contribution is 7.52. The summed E-state index contributed by atoms with van der Waals surface area (Å²) in [6.07, 6.45) is 8.49. The normalized spacial score (nSPS) is 24.0. The van der Waals surface area contributed by atoms with Crippen molar-refractivity contribution in [2.24, 2.45) is 16.8 Å². The molecule has 34 heteroatoms. The summed E-state index contributed by atoms with van der Waals surface area (Å²) in [6, 6.07) is 25.6. The lowest BCUT2D eigenvalue weighted by atomic mass is 9.95. The number of amides is 4. The lowest BCUT2D eigenvalue weighted by Crippen LogP contribution is -2.53.